The van der Waals surface area contributed by atoms with E-state index in [1.54, 1.807) is 11.3 Å². The van der Waals surface area contributed by atoms with Crippen LogP contribution in [-0.4, -0.2) is 17.1 Å². The van der Waals surface area contributed by atoms with Crippen LogP contribution in [0.2, 0.25) is 0 Å². The van der Waals surface area contributed by atoms with Crippen molar-refractivity contribution in [3.8, 4) is 0 Å². The van der Waals surface area contributed by atoms with Crippen LogP contribution in [0.25, 0.3) is 10.1 Å². The Balaban J connectivity index is 2.06. The van der Waals surface area contributed by atoms with Crippen molar-refractivity contribution < 1.29 is 9.90 Å². The Hall–Kier alpha value is -1.39. The van der Waals surface area contributed by atoms with Gasteiger partial charge in [0.25, 0.3) is 0 Å². The molecule has 1 aromatic heterocycles. The van der Waals surface area contributed by atoms with Gasteiger partial charge in [0.1, 0.15) is 6.04 Å². The highest BCUT2D eigenvalue weighted by atomic mass is 32.1. The van der Waals surface area contributed by atoms with Gasteiger partial charge in [-0.25, -0.2) is 0 Å². The minimum Gasteiger partial charge on any atom is -0.480 e. The van der Waals surface area contributed by atoms with Crippen molar-refractivity contribution in [2.24, 2.45) is 5.92 Å². The van der Waals surface area contributed by atoms with Crippen LogP contribution in [0.15, 0.2) is 29.6 Å². The summed E-state index contributed by atoms with van der Waals surface area (Å²) in [6, 6.07) is 7.74. The van der Waals surface area contributed by atoms with Gasteiger partial charge in [-0.15, -0.1) is 11.3 Å². The number of hydrogen-bond acceptors (Lipinski definition) is 3. The van der Waals surface area contributed by atoms with E-state index in [-0.39, 0.29) is 0 Å². The van der Waals surface area contributed by atoms with Crippen molar-refractivity contribution in [2.75, 3.05) is 0 Å². The molecule has 1 heterocycles. The molecule has 102 valence electrons. The predicted octanol–water partition coefficient (Wildman–Crippen LogP) is 3.49. The SMILES string of the molecule is CC(C)C[C@@H](NCc1csc2ccccc12)C(=O)O. The molecule has 2 N–H and O–H groups in total. The number of aliphatic carboxylic acids is 1. The second kappa shape index (κ2) is 6.17. The fourth-order valence-corrected chi connectivity index (χ4v) is 3.11. The van der Waals surface area contributed by atoms with Crippen LogP contribution in [0.5, 0.6) is 0 Å². The van der Waals surface area contributed by atoms with Crippen molar-refractivity contribution in [1.82, 2.24) is 5.32 Å². The standard InChI is InChI=1S/C15H19NO2S/c1-10(2)7-13(15(17)18)16-8-11-9-19-14-6-4-3-5-12(11)14/h3-6,9-10,13,16H,7-8H2,1-2H3,(H,17,18)/t13-/m1/s1. The summed E-state index contributed by atoms with van der Waals surface area (Å²) in [5, 5.41) is 15.7. The van der Waals surface area contributed by atoms with Crippen molar-refractivity contribution in [3.05, 3.63) is 35.2 Å². The van der Waals surface area contributed by atoms with Gasteiger partial charge in [0.15, 0.2) is 0 Å². The molecule has 0 bridgehead atoms. The van der Waals surface area contributed by atoms with Gasteiger partial charge in [-0.1, -0.05) is 32.0 Å². The number of carbonyl (C=O) groups is 1. The summed E-state index contributed by atoms with van der Waals surface area (Å²) in [5.74, 6) is -0.402. The molecular formula is C15H19NO2S. The number of nitrogens with one attached hydrogen (secondary N) is 1. The third kappa shape index (κ3) is 3.55. The first-order valence-corrected chi connectivity index (χ1v) is 7.37. The summed E-state index contributed by atoms with van der Waals surface area (Å²) in [7, 11) is 0. The van der Waals surface area contributed by atoms with Crippen LogP contribution in [0.4, 0.5) is 0 Å². The molecule has 0 saturated heterocycles. The van der Waals surface area contributed by atoms with Crippen molar-refractivity contribution in [1.29, 1.82) is 0 Å². The Kier molecular flexibility index (Phi) is 4.56. The lowest BCUT2D eigenvalue weighted by molar-refractivity contribution is -0.140. The summed E-state index contributed by atoms with van der Waals surface area (Å²) >= 11 is 1.70. The Bertz CT molecular complexity index is 562. The van der Waals surface area contributed by atoms with Gasteiger partial charge in [-0.2, -0.15) is 0 Å². The lowest BCUT2D eigenvalue weighted by atomic mass is 10.0. The average Bonchev–Trinajstić information content (AvgIpc) is 2.77. The topological polar surface area (TPSA) is 49.3 Å². The number of fused-ring (bicyclic) bond motifs is 1. The van der Waals surface area contributed by atoms with Crippen LogP contribution in [0.1, 0.15) is 25.8 Å². The molecule has 2 rings (SSSR count). The second-order valence-corrected chi connectivity index (χ2v) is 6.07. The van der Waals surface area contributed by atoms with Gasteiger partial charge in [0.2, 0.25) is 0 Å². The summed E-state index contributed by atoms with van der Waals surface area (Å²) in [4.78, 5) is 11.2. The molecule has 1 atom stereocenters. The number of thiophene rings is 1. The lowest BCUT2D eigenvalue weighted by Gasteiger charge is -2.16. The smallest absolute Gasteiger partial charge is 0.320 e. The molecule has 0 unspecified atom stereocenters. The summed E-state index contributed by atoms with van der Waals surface area (Å²) in [6.07, 6.45) is 0.650. The van der Waals surface area contributed by atoms with Crippen LogP contribution >= 0.6 is 11.3 Å². The molecule has 0 saturated carbocycles. The number of carboxylic acids is 1. The van der Waals surface area contributed by atoms with Gasteiger partial charge >= 0.3 is 5.97 Å². The first-order valence-electron chi connectivity index (χ1n) is 6.49. The van der Waals surface area contributed by atoms with Gasteiger partial charge in [-0.05, 0) is 34.7 Å². The molecule has 4 heteroatoms. The van der Waals surface area contributed by atoms with E-state index in [1.165, 1.54) is 15.6 Å². The zero-order chi connectivity index (χ0) is 13.8. The van der Waals surface area contributed by atoms with Crippen LogP contribution < -0.4 is 5.32 Å². The molecule has 0 aliphatic carbocycles. The zero-order valence-corrected chi connectivity index (χ0v) is 12.0. The molecule has 0 aliphatic rings. The van der Waals surface area contributed by atoms with Gasteiger partial charge < -0.3 is 10.4 Å². The minimum absolute atomic E-state index is 0.368. The Morgan fingerprint density at radius 2 is 2.11 bits per heavy atom. The molecule has 1 aromatic carbocycles. The Morgan fingerprint density at radius 1 is 1.37 bits per heavy atom. The molecule has 0 radical (unpaired) electrons. The second-order valence-electron chi connectivity index (χ2n) is 5.16. The fourth-order valence-electron chi connectivity index (χ4n) is 2.15. The first kappa shape index (κ1) is 14.0. The van der Waals surface area contributed by atoms with E-state index < -0.39 is 12.0 Å². The van der Waals surface area contributed by atoms with E-state index in [9.17, 15) is 9.90 Å². The molecule has 0 aliphatic heterocycles. The van der Waals surface area contributed by atoms with Crippen LogP contribution in [0.3, 0.4) is 0 Å². The maximum absolute atomic E-state index is 11.2. The Labute approximate surface area is 117 Å². The molecule has 0 spiro atoms. The highest BCUT2D eigenvalue weighted by Gasteiger charge is 2.18. The third-order valence-electron chi connectivity index (χ3n) is 3.11. The average molecular weight is 277 g/mol. The van der Waals surface area contributed by atoms with E-state index in [4.69, 9.17) is 0 Å². The number of rotatable bonds is 6. The van der Waals surface area contributed by atoms with Gasteiger partial charge in [-0.3, -0.25) is 4.79 Å². The lowest BCUT2D eigenvalue weighted by Crippen LogP contribution is -2.37. The normalized spacial score (nSPS) is 13.0. The molecule has 3 nitrogen and oxygen atoms in total. The van der Waals surface area contributed by atoms with Gasteiger partial charge in [0.05, 0.1) is 0 Å². The van der Waals surface area contributed by atoms with Gasteiger partial charge in [0, 0.05) is 11.2 Å². The van der Waals surface area contributed by atoms with Crippen molar-refractivity contribution >= 4 is 27.4 Å². The third-order valence-corrected chi connectivity index (χ3v) is 4.12. The number of hydrogen-bond donors (Lipinski definition) is 2. The van der Waals surface area contributed by atoms with E-state index in [2.05, 4.69) is 22.8 Å². The summed E-state index contributed by atoms with van der Waals surface area (Å²) in [6.45, 7) is 4.68. The number of benzene rings is 1. The largest absolute Gasteiger partial charge is 0.480 e. The van der Waals surface area contributed by atoms with E-state index >= 15 is 0 Å². The maximum Gasteiger partial charge on any atom is 0.320 e. The van der Waals surface area contributed by atoms with E-state index in [0.717, 1.165) is 0 Å². The fraction of sp³-hybridized carbons (Fsp3) is 0.400. The summed E-state index contributed by atoms with van der Waals surface area (Å²) in [5.41, 5.74) is 1.18. The molecule has 2 aromatic rings. The highest BCUT2D eigenvalue weighted by molar-refractivity contribution is 7.17. The van der Waals surface area contributed by atoms with E-state index in [1.807, 2.05) is 26.0 Å². The Morgan fingerprint density at radius 3 is 2.79 bits per heavy atom. The zero-order valence-electron chi connectivity index (χ0n) is 11.2. The minimum atomic E-state index is -0.770. The van der Waals surface area contributed by atoms with E-state index in [0.29, 0.717) is 18.9 Å². The number of carboxylic acid groups (broad SMARTS) is 1. The molecular weight excluding hydrogens is 258 g/mol. The van der Waals surface area contributed by atoms with Crippen LogP contribution in [-0.2, 0) is 11.3 Å². The van der Waals surface area contributed by atoms with Crippen molar-refractivity contribution in [3.63, 3.8) is 0 Å². The summed E-state index contributed by atoms with van der Waals surface area (Å²) < 4.78 is 1.25. The molecule has 19 heavy (non-hydrogen) atoms. The maximum atomic E-state index is 11.2. The molecule has 0 amide bonds. The monoisotopic (exact) mass is 277 g/mol. The molecule has 0 fully saturated rings. The van der Waals surface area contributed by atoms with Crippen LogP contribution in [0, 0.1) is 5.92 Å². The first-order chi connectivity index (χ1) is 9.08. The predicted molar refractivity (Wildman–Crippen MR) is 79.5 cm³/mol. The highest BCUT2D eigenvalue weighted by Crippen LogP contribution is 2.25. The van der Waals surface area contributed by atoms with Crippen molar-refractivity contribution in [2.45, 2.75) is 32.9 Å². The quantitative estimate of drug-likeness (QED) is 0.849.